The number of benzene rings is 1. The molecule has 1 aromatic carbocycles. The minimum atomic E-state index is -0.0393. The SMILES string of the molecule is C=C(C)CN1CCC(NC(=O)NCCCc2cccc(Br)c2)CC1. The molecule has 4 nitrogen and oxygen atoms in total. The molecule has 1 heterocycles. The molecule has 1 aliphatic heterocycles. The minimum absolute atomic E-state index is 0.0393. The molecule has 132 valence electrons. The standard InChI is InChI=1S/C19H28BrN3O/c1-15(2)14-23-11-8-18(9-12-23)22-19(24)21-10-4-6-16-5-3-7-17(20)13-16/h3,5,7,13,18H,1,4,6,8-12,14H2,2H3,(H2,21,22,24). The van der Waals surface area contributed by atoms with Gasteiger partial charge in [-0.1, -0.05) is 40.2 Å². The number of piperidine rings is 1. The number of nitrogens with one attached hydrogen (secondary N) is 2. The van der Waals surface area contributed by atoms with Gasteiger partial charge < -0.3 is 10.6 Å². The second-order valence-corrected chi connectivity index (χ2v) is 7.56. The van der Waals surface area contributed by atoms with Crippen molar-refractivity contribution in [2.24, 2.45) is 0 Å². The average Bonchev–Trinajstić information content (AvgIpc) is 2.53. The molecule has 5 heteroatoms. The molecule has 0 saturated carbocycles. The van der Waals surface area contributed by atoms with Crippen LogP contribution < -0.4 is 10.6 Å². The van der Waals surface area contributed by atoms with Crippen molar-refractivity contribution in [3.63, 3.8) is 0 Å². The van der Waals surface area contributed by atoms with E-state index in [1.165, 1.54) is 11.1 Å². The predicted octanol–water partition coefficient (Wildman–Crippen LogP) is 3.72. The van der Waals surface area contributed by atoms with Crippen LogP contribution in [0, 0.1) is 0 Å². The lowest BCUT2D eigenvalue weighted by molar-refractivity contribution is 0.202. The Bertz CT molecular complexity index is 553. The lowest BCUT2D eigenvalue weighted by Crippen LogP contribution is -2.48. The lowest BCUT2D eigenvalue weighted by atomic mass is 10.0. The van der Waals surface area contributed by atoms with E-state index in [2.05, 4.69) is 57.1 Å². The molecule has 2 amide bonds. The monoisotopic (exact) mass is 393 g/mol. The van der Waals surface area contributed by atoms with Crippen LogP contribution in [-0.4, -0.2) is 43.2 Å². The van der Waals surface area contributed by atoms with Crippen LogP contribution in [0.15, 0.2) is 40.9 Å². The van der Waals surface area contributed by atoms with Crippen molar-refractivity contribution in [2.75, 3.05) is 26.2 Å². The molecule has 2 rings (SSSR count). The maximum atomic E-state index is 12.0. The largest absolute Gasteiger partial charge is 0.338 e. The first-order valence-corrected chi connectivity index (χ1v) is 9.48. The fourth-order valence-corrected chi connectivity index (χ4v) is 3.49. The van der Waals surface area contributed by atoms with E-state index >= 15 is 0 Å². The van der Waals surface area contributed by atoms with Gasteiger partial charge in [0.25, 0.3) is 0 Å². The van der Waals surface area contributed by atoms with E-state index in [1.54, 1.807) is 0 Å². The van der Waals surface area contributed by atoms with Crippen LogP contribution in [0.25, 0.3) is 0 Å². The van der Waals surface area contributed by atoms with Crippen LogP contribution in [0.3, 0.4) is 0 Å². The van der Waals surface area contributed by atoms with Gasteiger partial charge in [-0.2, -0.15) is 0 Å². The zero-order valence-corrected chi connectivity index (χ0v) is 16.1. The second kappa shape index (κ2) is 9.84. The summed E-state index contributed by atoms with van der Waals surface area (Å²) in [6, 6.07) is 8.55. The number of likely N-dealkylation sites (tertiary alicyclic amines) is 1. The summed E-state index contributed by atoms with van der Waals surface area (Å²) in [5.41, 5.74) is 2.49. The molecule has 0 unspecified atom stereocenters. The van der Waals surface area contributed by atoms with Crippen molar-refractivity contribution in [3.8, 4) is 0 Å². The van der Waals surface area contributed by atoms with Crippen molar-refractivity contribution in [3.05, 3.63) is 46.5 Å². The number of halogens is 1. The van der Waals surface area contributed by atoms with Crippen LogP contribution >= 0.6 is 15.9 Å². The zero-order chi connectivity index (χ0) is 17.4. The van der Waals surface area contributed by atoms with Gasteiger partial charge in [0.1, 0.15) is 0 Å². The topological polar surface area (TPSA) is 44.4 Å². The third-order valence-electron chi connectivity index (χ3n) is 4.23. The Labute approximate surface area is 153 Å². The highest BCUT2D eigenvalue weighted by molar-refractivity contribution is 9.10. The lowest BCUT2D eigenvalue weighted by Gasteiger charge is -2.32. The zero-order valence-electron chi connectivity index (χ0n) is 14.5. The van der Waals surface area contributed by atoms with Gasteiger partial charge in [0.05, 0.1) is 0 Å². The van der Waals surface area contributed by atoms with E-state index in [0.717, 1.165) is 49.8 Å². The third-order valence-corrected chi connectivity index (χ3v) is 4.73. The van der Waals surface area contributed by atoms with E-state index in [1.807, 2.05) is 12.1 Å². The van der Waals surface area contributed by atoms with Crippen molar-refractivity contribution >= 4 is 22.0 Å². The second-order valence-electron chi connectivity index (χ2n) is 6.64. The Morgan fingerprint density at radius 2 is 2.12 bits per heavy atom. The Morgan fingerprint density at radius 3 is 2.79 bits per heavy atom. The molecular formula is C19H28BrN3O. The van der Waals surface area contributed by atoms with E-state index in [4.69, 9.17) is 0 Å². The number of hydrogen-bond donors (Lipinski definition) is 2. The Balaban J connectivity index is 1.58. The fraction of sp³-hybridized carbons (Fsp3) is 0.526. The molecule has 0 aromatic heterocycles. The van der Waals surface area contributed by atoms with Crippen LogP contribution in [0.4, 0.5) is 4.79 Å². The highest BCUT2D eigenvalue weighted by Crippen LogP contribution is 2.13. The van der Waals surface area contributed by atoms with Gasteiger partial charge in [-0.25, -0.2) is 4.79 Å². The van der Waals surface area contributed by atoms with Crippen LogP contribution in [0.5, 0.6) is 0 Å². The molecule has 1 fully saturated rings. The molecule has 0 aliphatic carbocycles. The number of rotatable bonds is 7. The summed E-state index contributed by atoms with van der Waals surface area (Å²) in [6.07, 6.45) is 3.94. The number of nitrogens with zero attached hydrogens (tertiary/aromatic N) is 1. The number of carbonyl (C=O) groups is 1. The van der Waals surface area contributed by atoms with Crippen LogP contribution in [-0.2, 0) is 6.42 Å². The van der Waals surface area contributed by atoms with Crippen molar-refractivity contribution in [2.45, 2.75) is 38.6 Å². The van der Waals surface area contributed by atoms with E-state index in [9.17, 15) is 4.79 Å². The summed E-state index contributed by atoms with van der Waals surface area (Å²) in [4.78, 5) is 14.4. The molecule has 1 aromatic rings. The Hall–Kier alpha value is -1.33. The molecule has 0 bridgehead atoms. The first-order valence-electron chi connectivity index (χ1n) is 8.68. The first kappa shape index (κ1) is 19.0. The van der Waals surface area contributed by atoms with E-state index < -0.39 is 0 Å². The smallest absolute Gasteiger partial charge is 0.315 e. The molecule has 1 aliphatic rings. The van der Waals surface area contributed by atoms with E-state index in [0.29, 0.717) is 6.54 Å². The quantitative estimate of drug-likeness (QED) is 0.547. The number of urea groups is 1. The predicted molar refractivity (Wildman–Crippen MR) is 103 cm³/mol. The average molecular weight is 394 g/mol. The molecule has 0 radical (unpaired) electrons. The highest BCUT2D eigenvalue weighted by Gasteiger charge is 2.20. The highest BCUT2D eigenvalue weighted by atomic mass is 79.9. The Kier molecular flexibility index (Phi) is 7.79. The van der Waals surface area contributed by atoms with E-state index in [-0.39, 0.29) is 12.1 Å². The summed E-state index contributed by atoms with van der Waals surface area (Å²) in [6.45, 7) is 9.75. The number of hydrogen-bond acceptors (Lipinski definition) is 2. The summed E-state index contributed by atoms with van der Waals surface area (Å²) in [5.74, 6) is 0. The first-order chi connectivity index (χ1) is 11.5. The van der Waals surface area contributed by atoms with Gasteiger partial charge in [-0.05, 0) is 50.3 Å². The number of aryl methyl sites for hydroxylation is 1. The van der Waals surface area contributed by atoms with Crippen molar-refractivity contribution in [1.82, 2.24) is 15.5 Å². The van der Waals surface area contributed by atoms with Gasteiger partial charge in [0.2, 0.25) is 0 Å². The molecule has 1 saturated heterocycles. The van der Waals surface area contributed by atoms with Crippen molar-refractivity contribution in [1.29, 1.82) is 0 Å². The maximum Gasteiger partial charge on any atom is 0.315 e. The molecule has 0 spiro atoms. The Morgan fingerprint density at radius 1 is 1.38 bits per heavy atom. The van der Waals surface area contributed by atoms with Gasteiger partial charge >= 0.3 is 6.03 Å². The van der Waals surface area contributed by atoms with Gasteiger partial charge in [0, 0.05) is 36.7 Å². The molecule has 0 atom stereocenters. The normalized spacial score (nSPS) is 15.9. The fourth-order valence-electron chi connectivity index (χ4n) is 3.04. The van der Waals surface area contributed by atoms with Crippen LogP contribution in [0.1, 0.15) is 31.7 Å². The van der Waals surface area contributed by atoms with Gasteiger partial charge in [-0.3, -0.25) is 4.90 Å². The van der Waals surface area contributed by atoms with Gasteiger partial charge in [0.15, 0.2) is 0 Å². The van der Waals surface area contributed by atoms with Crippen molar-refractivity contribution < 1.29 is 4.79 Å². The number of carbonyl (C=O) groups excluding carboxylic acids is 1. The van der Waals surface area contributed by atoms with Gasteiger partial charge in [-0.15, -0.1) is 0 Å². The minimum Gasteiger partial charge on any atom is -0.338 e. The number of amides is 2. The molecule has 2 N–H and O–H groups in total. The maximum absolute atomic E-state index is 12.0. The summed E-state index contributed by atoms with van der Waals surface area (Å²) in [5, 5.41) is 6.06. The summed E-state index contributed by atoms with van der Waals surface area (Å²) >= 11 is 3.48. The molecular weight excluding hydrogens is 366 g/mol. The summed E-state index contributed by atoms with van der Waals surface area (Å²) < 4.78 is 1.10. The third kappa shape index (κ3) is 7.05. The molecule has 24 heavy (non-hydrogen) atoms. The summed E-state index contributed by atoms with van der Waals surface area (Å²) in [7, 11) is 0. The van der Waals surface area contributed by atoms with Crippen LogP contribution in [0.2, 0.25) is 0 Å².